The fourth-order valence-electron chi connectivity index (χ4n) is 3.30. The first-order valence-corrected chi connectivity index (χ1v) is 7.65. The summed E-state index contributed by atoms with van der Waals surface area (Å²) in [7, 11) is 0. The smallest absolute Gasteiger partial charge is 0.239 e. The van der Waals surface area contributed by atoms with Crippen LogP contribution >= 0.6 is 0 Å². The van der Waals surface area contributed by atoms with Crippen molar-refractivity contribution in [1.29, 1.82) is 0 Å². The summed E-state index contributed by atoms with van der Waals surface area (Å²) in [6.45, 7) is 7.77. The number of rotatable bonds is 4. The van der Waals surface area contributed by atoms with Gasteiger partial charge in [-0.2, -0.15) is 0 Å². The summed E-state index contributed by atoms with van der Waals surface area (Å²) in [4.78, 5) is 16.9. The summed E-state index contributed by atoms with van der Waals surface area (Å²) in [5.74, 6) is 1.51. The zero-order chi connectivity index (χ0) is 14.1. The van der Waals surface area contributed by atoms with Gasteiger partial charge >= 0.3 is 0 Å². The number of carbonyl (C=O) groups is 1. The minimum atomic E-state index is 0.120. The minimum Gasteiger partial charge on any atom is -0.361 e. The number of carbonyl (C=O) groups excluding carboxylic acids is 1. The largest absolute Gasteiger partial charge is 0.361 e. The van der Waals surface area contributed by atoms with Crippen molar-refractivity contribution in [3.05, 3.63) is 17.5 Å². The summed E-state index contributed by atoms with van der Waals surface area (Å²) < 4.78 is 5.10. The molecule has 1 atom stereocenters. The number of aromatic nitrogens is 1. The number of amides is 1. The highest BCUT2D eigenvalue weighted by Crippen LogP contribution is 2.29. The van der Waals surface area contributed by atoms with Gasteiger partial charge in [0.05, 0.1) is 11.7 Å². The van der Waals surface area contributed by atoms with Crippen molar-refractivity contribution in [2.24, 2.45) is 0 Å². The Kier molecular flexibility index (Phi) is 3.78. The van der Waals surface area contributed by atoms with Gasteiger partial charge in [0.15, 0.2) is 0 Å². The molecule has 5 nitrogen and oxygen atoms in total. The van der Waals surface area contributed by atoms with Gasteiger partial charge in [-0.3, -0.25) is 9.69 Å². The van der Waals surface area contributed by atoms with E-state index in [1.807, 2.05) is 17.9 Å². The standard InChI is InChI=1S/C15H23N3O2/c1-3-6-17-7-4-5-14(17)15(19)18-9-12(10-18)13-8-11(2)20-16-13/h8,12,14H,3-7,9-10H2,1-2H3. The molecule has 2 fully saturated rings. The quantitative estimate of drug-likeness (QED) is 0.842. The summed E-state index contributed by atoms with van der Waals surface area (Å²) >= 11 is 0. The lowest BCUT2D eigenvalue weighted by atomic mass is 9.95. The van der Waals surface area contributed by atoms with Crippen molar-refractivity contribution in [2.75, 3.05) is 26.2 Å². The van der Waals surface area contributed by atoms with Crippen LogP contribution in [-0.4, -0.2) is 53.1 Å². The zero-order valence-corrected chi connectivity index (χ0v) is 12.3. The van der Waals surface area contributed by atoms with E-state index < -0.39 is 0 Å². The molecule has 110 valence electrons. The van der Waals surface area contributed by atoms with E-state index >= 15 is 0 Å². The molecule has 1 aromatic heterocycles. The number of likely N-dealkylation sites (tertiary alicyclic amines) is 2. The molecule has 1 unspecified atom stereocenters. The molecule has 0 aliphatic carbocycles. The van der Waals surface area contributed by atoms with Crippen molar-refractivity contribution in [1.82, 2.24) is 15.0 Å². The average Bonchev–Trinajstić information content (AvgIpc) is 2.97. The minimum absolute atomic E-state index is 0.120. The Labute approximate surface area is 119 Å². The Balaban J connectivity index is 1.55. The van der Waals surface area contributed by atoms with Crippen molar-refractivity contribution < 1.29 is 9.32 Å². The van der Waals surface area contributed by atoms with Crippen LogP contribution in [0.5, 0.6) is 0 Å². The summed E-state index contributed by atoms with van der Waals surface area (Å²) in [5, 5.41) is 4.05. The van der Waals surface area contributed by atoms with Crippen LogP contribution in [0.15, 0.2) is 10.6 Å². The van der Waals surface area contributed by atoms with E-state index in [9.17, 15) is 4.79 Å². The highest BCUT2D eigenvalue weighted by molar-refractivity contribution is 5.83. The van der Waals surface area contributed by atoms with Crippen LogP contribution in [-0.2, 0) is 4.79 Å². The van der Waals surface area contributed by atoms with Gasteiger partial charge in [0.1, 0.15) is 5.76 Å². The normalized spacial score (nSPS) is 24.1. The molecule has 1 aromatic rings. The SMILES string of the molecule is CCCN1CCCC1C(=O)N1CC(c2cc(C)on2)C1. The van der Waals surface area contributed by atoms with Crippen molar-refractivity contribution >= 4 is 5.91 Å². The molecule has 3 heterocycles. The first-order valence-electron chi connectivity index (χ1n) is 7.65. The van der Waals surface area contributed by atoms with E-state index in [0.717, 1.165) is 56.9 Å². The number of hydrogen-bond acceptors (Lipinski definition) is 4. The first kappa shape index (κ1) is 13.6. The predicted octanol–water partition coefficient (Wildman–Crippen LogP) is 1.78. The Morgan fingerprint density at radius 3 is 2.95 bits per heavy atom. The predicted molar refractivity (Wildman–Crippen MR) is 75.4 cm³/mol. The maximum atomic E-state index is 12.5. The molecule has 0 N–H and O–H groups in total. The maximum Gasteiger partial charge on any atom is 0.239 e. The zero-order valence-electron chi connectivity index (χ0n) is 12.3. The molecule has 3 rings (SSSR count). The van der Waals surface area contributed by atoms with Crippen LogP contribution < -0.4 is 0 Å². The van der Waals surface area contributed by atoms with E-state index in [4.69, 9.17) is 4.52 Å². The second-order valence-corrected chi connectivity index (χ2v) is 6.00. The highest BCUT2D eigenvalue weighted by Gasteiger charge is 2.39. The Hall–Kier alpha value is -1.36. The highest BCUT2D eigenvalue weighted by atomic mass is 16.5. The van der Waals surface area contributed by atoms with E-state index in [1.54, 1.807) is 0 Å². The second kappa shape index (κ2) is 5.56. The lowest BCUT2D eigenvalue weighted by Gasteiger charge is -2.40. The molecule has 20 heavy (non-hydrogen) atoms. The number of aryl methyl sites for hydroxylation is 1. The van der Waals surface area contributed by atoms with Gasteiger partial charge in [0.2, 0.25) is 5.91 Å². The fraction of sp³-hybridized carbons (Fsp3) is 0.733. The maximum absolute atomic E-state index is 12.5. The molecular formula is C15H23N3O2. The lowest BCUT2D eigenvalue weighted by molar-refractivity contribution is -0.140. The second-order valence-electron chi connectivity index (χ2n) is 6.00. The third-order valence-corrected chi connectivity index (χ3v) is 4.42. The van der Waals surface area contributed by atoms with Crippen molar-refractivity contribution in [2.45, 2.75) is 45.1 Å². The topological polar surface area (TPSA) is 49.6 Å². The Morgan fingerprint density at radius 2 is 2.30 bits per heavy atom. The summed E-state index contributed by atoms with van der Waals surface area (Å²) in [6.07, 6.45) is 3.28. The van der Waals surface area contributed by atoms with Gasteiger partial charge in [-0.05, 0) is 39.3 Å². The fourth-order valence-corrected chi connectivity index (χ4v) is 3.30. The monoisotopic (exact) mass is 277 g/mol. The molecule has 2 saturated heterocycles. The third-order valence-electron chi connectivity index (χ3n) is 4.42. The van der Waals surface area contributed by atoms with Crippen molar-refractivity contribution in [3.8, 4) is 0 Å². The van der Waals surface area contributed by atoms with Crippen molar-refractivity contribution in [3.63, 3.8) is 0 Å². The third kappa shape index (κ3) is 2.46. The van der Waals surface area contributed by atoms with Gasteiger partial charge in [0.25, 0.3) is 0 Å². The van der Waals surface area contributed by atoms with Crippen LogP contribution in [0.2, 0.25) is 0 Å². The molecule has 0 saturated carbocycles. The molecule has 2 aliphatic heterocycles. The van der Waals surface area contributed by atoms with Gasteiger partial charge in [-0.1, -0.05) is 12.1 Å². The van der Waals surface area contributed by atoms with Crippen LogP contribution in [0, 0.1) is 6.92 Å². The summed E-state index contributed by atoms with van der Waals surface area (Å²) in [6, 6.07) is 2.10. The van der Waals surface area contributed by atoms with Gasteiger partial charge < -0.3 is 9.42 Å². The van der Waals surface area contributed by atoms with E-state index in [0.29, 0.717) is 11.8 Å². The number of nitrogens with zero attached hydrogens (tertiary/aromatic N) is 3. The van der Waals surface area contributed by atoms with E-state index in [-0.39, 0.29) is 6.04 Å². The molecule has 5 heteroatoms. The van der Waals surface area contributed by atoms with Crippen LogP contribution in [0.3, 0.4) is 0 Å². The molecule has 0 spiro atoms. The van der Waals surface area contributed by atoms with Gasteiger partial charge in [-0.25, -0.2) is 0 Å². The Bertz CT molecular complexity index is 479. The molecule has 0 bridgehead atoms. The molecule has 0 aromatic carbocycles. The van der Waals surface area contributed by atoms with Gasteiger partial charge in [0, 0.05) is 25.1 Å². The Morgan fingerprint density at radius 1 is 1.50 bits per heavy atom. The lowest BCUT2D eigenvalue weighted by Crippen LogP contribution is -2.54. The summed E-state index contributed by atoms with van der Waals surface area (Å²) in [5.41, 5.74) is 0.989. The molecular weight excluding hydrogens is 254 g/mol. The van der Waals surface area contributed by atoms with E-state index in [2.05, 4.69) is 17.0 Å². The van der Waals surface area contributed by atoms with Gasteiger partial charge in [-0.15, -0.1) is 0 Å². The van der Waals surface area contributed by atoms with Crippen LogP contribution in [0.4, 0.5) is 0 Å². The average molecular weight is 277 g/mol. The molecule has 0 radical (unpaired) electrons. The molecule has 1 amide bonds. The van der Waals surface area contributed by atoms with E-state index in [1.165, 1.54) is 0 Å². The van der Waals surface area contributed by atoms with Crippen LogP contribution in [0.1, 0.15) is 43.6 Å². The first-order chi connectivity index (χ1) is 9.69. The number of hydrogen-bond donors (Lipinski definition) is 0. The van der Waals surface area contributed by atoms with Crippen LogP contribution in [0.25, 0.3) is 0 Å². The molecule has 2 aliphatic rings.